The number of esters is 1. The van der Waals surface area contributed by atoms with E-state index in [1.165, 1.54) is 29.9 Å². The Kier molecular flexibility index (Phi) is 4.29. The van der Waals surface area contributed by atoms with E-state index in [4.69, 9.17) is 0 Å². The molecule has 1 aromatic heterocycles. The maximum atomic E-state index is 14.3. The molecular formula is C18H16FNO4. The first-order valence-corrected chi connectivity index (χ1v) is 7.58. The fourth-order valence-corrected chi connectivity index (χ4v) is 2.75. The Hall–Kier alpha value is -2.76. The Balaban J connectivity index is 1.75. The van der Waals surface area contributed by atoms with Crippen LogP contribution in [0.5, 0.6) is 0 Å². The molecule has 5 nitrogen and oxygen atoms in total. The lowest BCUT2D eigenvalue weighted by Crippen LogP contribution is -2.16. The number of carbonyl (C=O) groups is 2. The maximum Gasteiger partial charge on any atom is 0.309 e. The minimum absolute atomic E-state index is 0.0754. The van der Waals surface area contributed by atoms with Gasteiger partial charge in [-0.05, 0) is 30.2 Å². The number of halogens is 1. The molecular weight excluding hydrogens is 313 g/mol. The van der Waals surface area contributed by atoms with Crippen molar-refractivity contribution in [2.45, 2.75) is 12.8 Å². The zero-order valence-corrected chi connectivity index (χ0v) is 13.1. The molecule has 2 aromatic rings. The van der Waals surface area contributed by atoms with Gasteiger partial charge in [-0.25, -0.2) is 4.39 Å². The summed E-state index contributed by atoms with van der Waals surface area (Å²) in [7, 11) is 1.28. The predicted molar refractivity (Wildman–Crippen MR) is 84.3 cm³/mol. The second-order valence-electron chi connectivity index (χ2n) is 5.80. The van der Waals surface area contributed by atoms with Crippen molar-refractivity contribution in [3.8, 4) is 5.69 Å². The van der Waals surface area contributed by atoms with Crippen molar-refractivity contribution in [1.29, 1.82) is 0 Å². The molecule has 0 saturated heterocycles. The summed E-state index contributed by atoms with van der Waals surface area (Å²) in [5.41, 5.74) is 0.385. The van der Waals surface area contributed by atoms with Crippen LogP contribution in [0, 0.1) is 17.7 Å². The topological polar surface area (TPSA) is 65.4 Å². The Bertz CT molecular complexity index is 858. The molecule has 0 N–H and O–H groups in total. The summed E-state index contributed by atoms with van der Waals surface area (Å²) in [6, 6.07) is 8.99. The minimum atomic E-state index is -0.549. The highest BCUT2D eigenvalue weighted by atomic mass is 19.1. The van der Waals surface area contributed by atoms with Gasteiger partial charge in [0.05, 0.1) is 18.7 Å². The van der Waals surface area contributed by atoms with E-state index < -0.39 is 17.7 Å². The molecule has 24 heavy (non-hydrogen) atoms. The van der Waals surface area contributed by atoms with Crippen LogP contribution in [-0.4, -0.2) is 23.4 Å². The van der Waals surface area contributed by atoms with Crippen LogP contribution in [-0.2, 0) is 20.7 Å². The third-order valence-corrected chi connectivity index (χ3v) is 4.21. The average molecular weight is 329 g/mol. The minimum Gasteiger partial charge on any atom is -0.469 e. The zero-order chi connectivity index (χ0) is 17.3. The first-order valence-electron chi connectivity index (χ1n) is 7.58. The van der Waals surface area contributed by atoms with Crippen LogP contribution in [0.25, 0.3) is 5.69 Å². The lowest BCUT2D eigenvalue weighted by molar-refractivity contribution is -0.143. The molecule has 0 spiro atoms. The molecule has 1 aliphatic carbocycles. The predicted octanol–water partition coefficient (Wildman–Crippen LogP) is 1.90. The van der Waals surface area contributed by atoms with Gasteiger partial charge in [-0.3, -0.25) is 19.0 Å². The van der Waals surface area contributed by atoms with E-state index in [1.54, 1.807) is 24.4 Å². The Morgan fingerprint density at radius 3 is 2.71 bits per heavy atom. The molecule has 1 aliphatic rings. The number of benzene rings is 1. The van der Waals surface area contributed by atoms with Crippen molar-refractivity contribution >= 4 is 11.8 Å². The Morgan fingerprint density at radius 2 is 2.04 bits per heavy atom. The van der Waals surface area contributed by atoms with Crippen LogP contribution in [0.2, 0.25) is 0 Å². The van der Waals surface area contributed by atoms with Gasteiger partial charge in [0.15, 0.2) is 0 Å². The molecule has 1 aromatic carbocycles. The van der Waals surface area contributed by atoms with Crippen LogP contribution in [0.1, 0.15) is 12.0 Å². The number of carbonyl (C=O) groups excluding carboxylic acids is 2. The van der Waals surface area contributed by atoms with Gasteiger partial charge in [0.2, 0.25) is 0 Å². The molecule has 1 heterocycles. The van der Waals surface area contributed by atoms with Crippen LogP contribution in [0.15, 0.2) is 47.4 Å². The van der Waals surface area contributed by atoms with Crippen molar-refractivity contribution in [3.05, 3.63) is 64.3 Å². The van der Waals surface area contributed by atoms with Crippen molar-refractivity contribution in [1.82, 2.24) is 4.57 Å². The Morgan fingerprint density at radius 1 is 1.25 bits per heavy atom. The quantitative estimate of drug-likeness (QED) is 0.786. The summed E-state index contributed by atoms with van der Waals surface area (Å²) in [4.78, 5) is 35.3. The fourth-order valence-electron chi connectivity index (χ4n) is 2.75. The summed E-state index contributed by atoms with van der Waals surface area (Å²) in [6.45, 7) is 0. The number of Topliss-reactive ketones (excluding diaryl/α,β-unsaturated/α-hetero) is 1. The molecule has 6 heteroatoms. The monoisotopic (exact) mass is 329 g/mol. The number of hydrogen-bond acceptors (Lipinski definition) is 4. The number of ketones is 1. The van der Waals surface area contributed by atoms with E-state index in [1.807, 2.05) is 0 Å². The summed E-state index contributed by atoms with van der Waals surface area (Å²) in [5, 5.41) is 0. The number of pyridine rings is 1. The molecule has 1 fully saturated rings. The maximum absolute atomic E-state index is 14.3. The molecule has 1 saturated carbocycles. The van der Waals surface area contributed by atoms with Gasteiger partial charge in [-0.1, -0.05) is 12.1 Å². The van der Waals surface area contributed by atoms with Crippen LogP contribution >= 0.6 is 0 Å². The lowest BCUT2D eigenvalue weighted by atomic mass is 10.0. The summed E-state index contributed by atoms with van der Waals surface area (Å²) < 4.78 is 20.2. The van der Waals surface area contributed by atoms with Gasteiger partial charge < -0.3 is 4.74 Å². The average Bonchev–Trinajstić information content (AvgIpc) is 3.37. The third kappa shape index (κ3) is 3.13. The van der Waals surface area contributed by atoms with Crippen molar-refractivity contribution in [3.63, 3.8) is 0 Å². The van der Waals surface area contributed by atoms with E-state index in [0.29, 0.717) is 12.1 Å². The first kappa shape index (κ1) is 16.1. The van der Waals surface area contributed by atoms with Crippen LogP contribution < -0.4 is 5.56 Å². The van der Waals surface area contributed by atoms with Crippen LogP contribution in [0.4, 0.5) is 4.39 Å². The molecule has 124 valence electrons. The summed E-state index contributed by atoms with van der Waals surface area (Å²) in [6.07, 6.45) is 1.94. The molecule has 0 bridgehead atoms. The van der Waals surface area contributed by atoms with E-state index in [9.17, 15) is 18.8 Å². The highest BCUT2D eigenvalue weighted by molar-refractivity contribution is 5.92. The van der Waals surface area contributed by atoms with E-state index in [-0.39, 0.29) is 29.2 Å². The number of nitrogens with zero attached hydrogens (tertiary/aromatic N) is 1. The van der Waals surface area contributed by atoms with Gasteiger partial charge in [-0.15, -0.1) is 0 Å². The second-order valence-corrected chi connectivity index (χ2v) is 5.80. The second kappa shape index (κ2) is 6.39. The standard InChI is InChI=1S/C18H16FNO4/c1-24-18(23)14-10-13(14)16(21)8-11-5-6-12(9-15(11)19)20-7-3-2-4-17(20)22/h2-7,9,13-14H,8,10H2,1H3/t13-,14+/m0/s1. The lowest BCUT2D eigenvalue weighted by Gasteiger charge is -2.08. The normalized spacial score (nSPS) is 18.9. The Labute approximate surface area is 137 Å². The highest BCUT2D eigenvalue weighted by Crippen LogP contribution is 2.40. The molecule has 0 aliphatic heterocycles. The van der Waals surface area contributed by atoms with Gasteiger partial charge in [-0.2, -0.15) is 0 Å². The van der Waals surface area contributed by atoms with Gasteiger partial charge >= 0.3 is 5.97 Å². The summed E-state index contributed by atoms with van der Waals surface area (Å²) in [5.74, 6) is -1.89. The third-order valence-electron chi connectivity index (χ3n) is 4.21. The number of ether oxygens (including phenoxy) is 1. The molecule has 0 amide bonds. The molecule has 0 unspecified atom stereocenters. The van der Waals surface area contributed by atoms with Crippen molar-refractivity contribution < 1.29 is 18.7 Å². The first-order chi connectivity index (χ1) is 11.5. The number of rotatable bonds is 5. The largest absolute Gasteiger partial charge is 0.469 e. The van der Waals surface area contributed by atoms with Gasteiger partial charge in [0.1, 0.15) is 11.6 Å². The fraction of sp³-hybridized carbons (Fsp3) is 0.278. The van der Waals surface area contributed by atoms with Crippen molar-refractivity contribution in [2.24, 2.45) is 11.8 Å². The molecule has 3 rings (SSSR count). The number of methoxy groups -OCH3 is 1. The smallest absolute Gasteiger partial charge is 0.309 e. The number of aromatic nitrogens is 1. The van der Waals surface area contributed by atoms with Crippen LogP contribution in [0.3, 0.4) is 0 Å². The van der Waals surface area contributed by atoms with E-state index in [0.717, 1.165) is 0 Å². The SMILES string of the molecule is COC(=O)[C@@H]1C[C@@H]1C(=O)Cc1ccc(-n2ccccc2=O)cc1F. The van der Waals surface area contributed by atoms with E-state index in [2.05, 4.69) is 4.74 Å². The zero-order valence-electron chi connectivity index (χ0n) is 13.1. The van der Waals surface area contributed by atoms with Crippen molar-refractivity contribution in [2.75, 3.05) is 7.11 Å². The van der Waals surface area contributed by atoms with Gasteiger partial charge in [0.25, 0.3) is 5.56 Å². The summed E-state index contributed by atoms with van der Waals surface area (Å²) >= 11 is 0. The number of hydrogen-bond donors (Lipinski definition) is 0. The van der Waals surface area contributed by atoms with E-state index >= 15 is 0 Å². The highest BCUT2D eigenvalue weighted by Gasteiger charge is 2.48. The molecule has 0 radical (unpaired) electrons. The molecule has 2 atom stereocenters. The van der Waals surface area contributed by atoms with Gasteiger partial charge in [0, 0.05) is 24.6 Å².